The molecule has 0 saturated carbocycles. The smallest absolute Gasteiger partial charge is 0.279 e. The van der Waals surface area contributed by atoms with Crippen molar-refractivity contribution in [2.75, 3.05) is 5.32 Å². The number of carbonyl (C=O) groups is 1. The first-order valence-electron chi connectivity index (χ1n) is 8.97. The molecule has 1 amide bonds. The van der Waals surface area contributed by atoms with Gasteiger partial charge in [-0.25, -0.2) is 4.39 Å². The molecule has 1 aromatic heterocycles. The number of carbonyl (C=O) groups excluding carboxylic acids is 1. The van der Waals surface area contributed by atoms with Gasteiger partial charge in [-0.1, -0.05) is 32.9 Å². The molecule has 1 aliphatic carbocycles. The number of thiocarbonyl (C=S) groups is 1. The summed E-state index contributed by atoms with van der Waals surface area (Å²) in [4.78, 5) is 14.4. The van der Waals surface area contributed by atoms with Crippen molar-refractivity contribution in [3.05, 3.63) is 51.5 Å². The maximum Gasteiger partial charge on any atom is 0.279 e. The lowest BCUT2D eigenvalue weighted by Gasteiger charge is -2.33. The van der Waals surface area contributed by atoms with Gasteiger partial charge in [-0.3, -0.25) is 15.6 Å². The van der Waals surface area contributed by atoms with Crippen LogP contribution in [0, 0.1) is 17.2 Å². The first-order valence-corrected chi connectivity index (χ1v) is 10.2. The maximum absolute atomic E-state index is 13.6. The van der Waals surface area contributed by atoms with E-state index in [-0.39, 0.29) is 22.1 Å². The van der Waals surface area contributed by atoms with E-state index in [1.54, 1.807) is 18.2 Å². The number of hydrogen-bond donors (Lipinski definition) is 3. The average molecular weight is 406 g/mol. The Bertz CT molecular complexity index is 857. The highest BCUT2D eigenvalue weighted by molar-refractivity contribution is 7.80. The molecule has 2 aromatic rings. The summed E-state index contributed by atoms with van der Waals surface area (Å²) in [5, 5.41) is 2.85. The van der Waals surface area contributed by atoms with Crippen LogP contribution in [0.4, 0.5) is 10.1 Å². The van der Waals surface area contributed by atoms with E-state index in [4.69, 9.17) is 12.2 Å². The molecule has 1 atom stereocenters. The number of thiophene rings is 1. The van der Waals surface area contributed by atoms with Crippen LogP contribution in [0.15, 0.2) is 30.3 Å². The second-order valence-electron chi connectivity index (χ2n) is 7.88. The highest BCUT2D eigenvalue weighted by Gasteiger charge is 2.30. The van der Waals surface area contributed by atoms with Gasteiger partial charge in [0.2, 0.25) is 0 Å². The lowest BCUT2D eigenvalue weighted by atomic mass is 9.72. The van der Waals surface area contributed by atoms with Gasteiger partial charge < -0.3 is 5.32 Å². The summed E-state index contributed by atoms with van der Waals surface area (Å²) < 4.78 is 13.6. The summed E-state index contributed by atoms with van der Waals surface area (Å²) in [5.41, 5.74) is 7.02. The van der Waals surface area contributed by atoms with Crippen LogP contribution >= 0.6 is 23.6 Å². The van der Waals surface area contributed by atoms with E-state index in [9.17, 15) is 9.18 Å². The summed E-state index contributed by atoms with van der Waals surface area (Å²) in [6.07, 6.45) is 3.20. The fourth-order valence-electron chi connectivity index (χ4n) is 3.27. The van der Waals surface area contributed by atoms with Crippen molar-refractivity contribution in [1.29, 1.82) is 0 Å². The molecule has 3 N–H and O–H groups in total. The largest absolute Gasteiger partial charge is 0.329 e. The average Bonchev–Trinajstić information content (AvgIpc) is 3.04. The van der Waals surface area contributed by atoms with Crippen LogP contribution in [0.3, 0.4) is 0 Å². The molecule has 1 aliphatic rings. The van der Waals surface area contributed by atoms with Crippen LogP contribution < -0.4 is 16.2 Å². The first-order chi connectivity index (χ1) is 12.7. The Morgan fingerprint density at radius 1 is 1.26 bits per heavy atom. The fourth-order valence-corrected chi connectivity index (χ4v) is 4.53. The summed E-state index contributed by atoms with van der Waals surface area (Å²) in [6, 6.07) is 8.20. The molecule has 1 heterocycles. The second-order valence-corrected chi connectivity index (χ2v) is 9.42. The van der Waals surface area contributed by atoms with Gasteiger partial charge in [-0.2, -0.15) is 0 Å². The maximum atomic E-state index is 13.6. The number of para-hydroxylation sites is 1. The first kappa shape index (κ1) is 19.8. The zero-order valence-corrected chi connectivity index (χ0v) is 17.3. The van der Waals surface area contributed by atoms with Gasteiger partial charge in [0.25, 0.3) is 5.91 Å². The molecular formula is C20H24FN3OS2. The molecule has 7 heteroatoms. The van der Waals surface area contributed by atoms with Crippen LogP contribution in [0.25, 0.3) is 0 Å². The number of aryl methyl sites for hydroxylation is 1. The highest BCUT2D eigenvalue weighted by atomic mass is 32.1. The molecule has 144 valence electrons. The zero-order chi connectivity index (χ0) is 19.6. The van der Waals surface area contributed by atoms with E-state index in [0.717, 1.165) is 19.3 Å². The van der Waals surface area contributed by atoms with E-state index < -0.39 is 5.82 Å². The minimum Gasteiger partial charge on any atom is -0.329 e. The monoisotopic (exact) mass is 405 g/mol. The van der Waals surface area contributed by atoms with E-state index in [1.165, 1.54) is 27.8 Å². The number of hydrogen-bond acceptors (Lipinski definition) is 3. The van der Waals surface area contributed by atoms with Crippen LogP contribution in [-0.4, -0.2) is 11.0 Å². The van der Waals surface area contributed by atoms with Gasteiger partial charge in [0, 0.05) is 4.88 Å². The number of rotatable bonds is 2. The number of fused-ring (bicyclic) bond motifs is 1. The standard InChI is InChI=1S/C20H24FN3OS2/c1-20(2,3)13-8-9-16-12(10-13)11-17(27-16)18(25)23-24-19(26)22-15-7-5-4-6-14(15)21/h4-7,11,13H,8-10H2,1-3H3,(H,23,25)(H2,22,24,26)/t13-/m0/s1. The van der Waals surface area contributed by atoms with Crippen molar-refractivity contribution in [1.82, 2.24) is 10.9 Å². The fraction of sp³-hybridized carbons (Fsp3) is 0.400. The van der Waals surface area contributed by atoms with Gasteiger partial charge in [0.1, 0.15) is 5.82 Å². The van der Waals surface area contributed by atoms with Crippen LogP contribution in [0.2, 0.25) is 0 Å². The molecule has 1 aromatic carbocycles. The van der Waals surface area contributed by atoms with E-state index in [0.29, 0.717) is 10.8 Å². The minimum absolute atomic E-state index is 0.127. The highest BCUT2D eigenvalue weighted by Crippen LogP contribution is 2.40. The molecule has 27 heavy (non-hydrogen) atoms. The molecule has 0 bridgehead atoms. The second kappa shape index (κ2) is 7.94. The molecule has 0 radical (unpaired) electrons. The third kappa shape index (κ3) is 4.84. The van der Waals surface area contributed by atoms with Crippen molar-refractivity contribution in [2.24, 2.45) is 11.3 Å². The Morgan fingerprint density at radius 3 is 2.70 bits per heavy atom. The third-order valence-electron chi connectivity index (χ3n) is 4.94. The Kier molecular flexibility index (Phi) is 5.81. The Balaban J connectivity index is 1.57. The Morgan fingerprint density at radius 2 is 2.00 bits per heavy atom. The van der Waals surface area contributed by atoms with Crippen molar-refractivity contribution >= 4 is 40.3 Å². The lowest BCUT2D eigenvalue weighted by Crippen LogP contribution is -2.43. The SMILES string of the molecule is CC(C)(C)[C@H]1CCc2sc(C(=O)NNC(=S)Nc3ccccc3F)cc2C1. The summed E-state index contributed by atoms with van der Waals surface area (Å²) in [6.45, 7) is 6.82. The van der Waals surface area contributed by atoms with Gasteiger partial charge >= 0.3 is 0 Å². The van der Waals surface area contributed by atoms with Crippen LogP contribution in [0.1, 0.15) is 47.3 Å². The van der Waals surface area contributed by atoms with Crippen LogP contribution in [-0.2, 0) is 12.8 Å². The van der Waals surface area contributed by atoms with Crippen molar-refractivity contribution in [3.8, 4) is 0 Å². The molecular weight excluding hydrogens is 381 g/mol. The van der Waals surface area contributed by atoms with E-state index in [2.05, 4.69) is 36.9 Å². The number of hydrazine groups is 1. The van der Waals surface area contributed by atoms with Gasteiger partial charge in [0.15, 0.2) is 5.11 Å². The normalized spacial score (nSPS) is 16.4. The van der Waals surface area contributed by atoms with Crippen LogP contribution in [0.5, 0.6) is 0 Å². The molecule has 0 aliphatic heterocycles. The third-order valence-corrected chi connectivity index (χ3v) is 6.38. The van der Waals surface area contributed by atoms with E-state index >= 15 is 0 Å². The minimum atomic E-state index is -0.410. The predicted octanol–water partition coefficient (Wildman–Crippen LogP) is 4.67. The van der Waals surface area contributed by atoms with E-state index in [1.807, 2.05) is 6.07 Å². The molecule has 4 nitrogen and oxygen atoms in total. The summed E-state index contributed by atoms with van der Waals surface area (Å²) >= 11 is 6.65. The summed E-state index contributed by atoms with van der Waals surface area (Å²) in [5.74, 6) is -0.0158. The van der Waals surface area contributed by atoms with Crippen molar-refractivity contribution in [3.63, 3.8) is 0 Å². The molecule has 0 fully saturated rings. The quantitative estimate of drug-likeness (QED) is 0.502. The molecule has 0 spiro atoms. The molecule has 0 saturated heterocycles. The Hall–Kier alpha value is -1.99. The number of benzene rings is 1. The topological polar surface area (TPSA) is 53.2 Å². The number of amides is 1. The van der Waals surface area contributed by atoms with Gasteiger partial charge in [-0.15, -0.1) is 11.3 Å². The predicted molar refractivity (Wildman–Crippen MR) is 113 cm³/mol. The molecule has 0 unspecified atom stereocenters. The Labute approximate surface area is 168 Å². The van der Waals surface area contributed by atoms with Gasteiger partial charge in [0.05, 0.1) is 10.6 Å². The lowest BCUT2D eigenvalue weighted by molar-refractivity contribution is 0.0948. The zero-order valence-electron chi connectivity index (χ0n) is 15.7. The van der Waals surface area contributed by atoms with Crippen molar-refractivity contribution < 1.29 is 9.18 Å². The number of anilines is 1. The summed E-state index contributed by atoms with van der Waals surface area (Å²) in [7, 11) is 0. The molecule has 3 rings (SSSR count). The number of nitrogens with one attached hydrogen (secondary N) is 3. The number of halogens is 1. The van der Waals surface area contributed by atoms with Gasteiger partial charge in [-0.05, 0) is 66.6 Å². The van der Waals surface area contributed by atoms with Crippen molar-refractivity contribution in [2.45, 2.75) is 40.0 Å².